The van der Waals surface area contributed by atoms with Gasteiger partial charge in [-0.3, -0.25) is 4.79 Å². The minimum absolute atomic E-state index is 0.295. The molecule has 0 aliphatic carbocycles. The lowest BCUT2D eigenvalue weighted by molar-refractivity contribution is -0.124. The average Bonchev–Trinajstić information content (AvgIpc) is 3.30. The van der Waals surface area contributed by atoms with Crippen LogP contribution in [0.3, 0.4) is 0 Å². The van der Waals surface area contributed by atoms with Gasteiger partial charge in [-0.25, -0.2) is 4.79 Å². The van der Waals surface area contributed by atoms with Gasteiger partial charge in [0.15, 0.2) is 18.1 Å². The summed E-state index contributed by atoms with van der Waals surface area (Å²) in [5.41, 5.74) is 1.27. The van der Waals surface area contributed by atoms with Crippen LogP contribution < -0.4 is 14.8 Å². The van der Waals surface area contributed by atoms with E-state index in [0.29, 0.717) is 30.3 Å². The second-order valence-corrected chi connectivity index (χ2v) is 7.34. The van der Waals surface area contributed by atoms with Gasteiger partial charge in [0, 0.05) is 4.88 Å². The van der Waals surface area contributed by atoms with Gasteiger partial charge in [-0.1, -0.05) is 36.4 Å². The molecular formula is C22H19NO5S. The molecule has 0 saturated carbocycles. The Balaban J connectivity index is 1.39. The Morgan fingerprint density at radius 1 is 1.00 bits per heavy atom. The molecule has 1 atom stereocenters. The van der Waals surface area contributed by atoms with Crippen molar-refractivity contribution < 1.29 is 23.8 Å². The van der Waals surface area contributed by atoms with Crippen molar-refractivity contribution in [3.63, 3.8) is 0 Å². The fraction of sp³-hybridized carbons (Fsp3) is 0.182. The van der Waals surface area contributed by atoms with Gasteiger partial charge in [-0.15, -0.1) is 11.3 Å². The molecule has 1 amide bonds. The lowest BCUT2D eigenvalue weighted by Crippen LogP contribution is -2.32. The maximum atomic E-state index is 12.5. The molecule has 2 heterocycles. The molecule has 6 nitrogen and oxygen atoms in total. The molecule has 1 aliphatic rings. The van der Waals surface area contributed by atoms with Crippen molar-refractivity contribution in [2.45, 2.75) is 6.04 Å². The molecule has 29 heavy (non-hydrogen) atoms. The predicted octanol–water partition coefficient (Wildman–Crippen LogP) is 3.58. The first kappa shape index (κ1) is 19.0. The van der Waals surface area contributed by atoms with Crippen molar-refractivity contribution in [3.8, 4) is 11.5 Å². The average molecular weight is 409 g/mol. The Hall–Kier alpha value is -3.32. The normalized spacial score (nSPS) is 13.4. The quantitative estimate of drug-likeness (QED) is 0.630. The van der Waals surface area contributed by atoms with Crippen LogP contribution in [0.2, 0.25) is 0 Å². The van der Waals surface area contributed by atoms with Crippen molar-refractivity contribution in [3.05, 3.63) is 82.0 Å². The number of carbonyl (C=O) groups is 2. The van der Waals surface area contributed by atoms with E-state index in [-0.39, 0.29) is 18.6 Å². The number of nitrogens with one attached hydrogen (secondary N) is 1. The summed E-state index contributed by atoms with van der Waals surface area (Å²) in [6.45, 7) is 0.531. The second kappa shape index (κ2) is 8.79. The smallest absolute Gasteiger partial charge is 0.338 e. The molecule has 148 valence electrons. The molecule has 1 aliphatic heterocycles. The summed E-state index contributed by atoms with van der Waals surface area (Å²) in [6.07, 6.45) is 0. The number of amides is 1. The van der Waals surface area contributed by atoms with Crippen LogP contribution in [0.4, 0.5) is 0 Å². The zero-order valence-corrected chi connectivity index (χ0v) is 16.3. The number of esters is 1. The molecule has 7 heteroatoms. The van der Waals surface area contributed by atoms with Crippen LogP contribution in [0.5, 0.6) is 11.5 Å². The molecule has 0 bridgehead atoms. The van der Waals surface area contributed by atoms with Gasteiger partial charge >= 0.3 is 5.97 Å². The molecule has 0 radical (unpaired) electrons. The lowest BCUT2D eigenvalue weighted by Gasteiger charge is -2.19. The molecule has 0 saturated heterocycles. The van der Waals surface area contributed by atoms with Crippen LogP contribution in [0.15, 0.2) is 66.0 Å². The highest BCUT2D eigenvalue weighted by Gasteiger charge is 2.20. The van der Waals surface area contributed by atoms with Crippen LogP contribution in [-0.4, -0.2) is 31.7 Å². The van der Waals surface area contributed by atoms with E-state index in [9.17, 15) is 9.59 Å². The van der Waals surface area contributed by atoms with Crippen molar-refractivity contribution in [2.75, 3.05) is 19.8 Å². The van der Waals surface area contributed by atoms with Crippen LogP contribution in [0.25, 0.3) is 0 Å². The molecule has 2 aromatic carbocycles. The van der Waals surface area contributed by atoms with Gasteiger partial charge in [-0.05, 0) is 35.2 Å². The highest BCUT2D eigenvalue weighted by atomic mass is 32.1. The largest absolute Gasteiger partial charge is 0.486 e. The SMILES string of the molecule is O=C(COC(=O)c1ccc2c(c1)OCCO2)N[C@@H](c1ccccc1)c1cccs1. The summed E-state index contributed by atoms with van der Waals surface area (Å²) in [6, 6.07) is 18.1. The number of ether oxygens (including phenoxy) is 3. The number of carbonyl (C=O) groups excluding carboxylic acids is 2. The maximum Gasteiger partial charge on any atom is 0.338 e. The minimum Gasteiger partial charge on any atom is -0.486 e. The summed E-state index contributed by atoms with van der Waals surface area (Å²) < 4.78 is 16.1. The van der Waals surface area contributed by atoms with E-state index in [2.05, 4.69) is 5.32 Å². The van der Waals surface area contributed by atoms with Gasteiger partial charge in [0.05, 0.1) is 11.6 Å². The zero-order chi connectivity index (χ0) is 20.1. The van der Waals surface area contributed by atoms with E-state index in [1.807, 2.05) is 47.8 Å². The molecule has 1 aromatic heterocycles. The third kappa shape index (κ3) is 4.57. The summed E-state index contributed by atoms with van der Waals surface area (Å²) in [4.78, 5) is 25.8. The number of thiophene rings is 1. The number of rotatable bonds is 6. The van der Waals surface area contributed by atoms with Gasteiger partial charge < -0.3 is 19.5 Å². The maximum absolute atomic E-state index is 12.5. The van der Waals surface area contributed by atoms with Gasteiger partial charge in [0.1, 0.15) is 13.2 Å². The summed E-state index contributed by atoms with van der Waals surface area (Å²) in [7, 11) is 0. The lowest BCUT2D eigenvalue weighted by atomic mass is 10.1. The predicted molar refractivity (Wildman–Crippen MR) is 108 cm³/mol. The zero-order valence-electron chi connectivity index (χ0n) is 15.5. The minimum atomic E-state index is -0.593. The third-order valence-electron chi connectivity index (χ3n) is 4.38. The Bertz CT molecular complexity index is 988. The van der Waals surface area contributed by atoms with E-state index < -0.39 is 5.97 Å². The molecule has 0 unspecified atom stereocenters. The number of fused-ring (bicyclic) bond motifs is 1. The summed E-state index contributed by atoms with van der Waals surface area (Å²) >= 11 is 1.55. The van der Waals surface area contributed by atoms with E-state index >= 15 is 0 Å². The van der Waals surface area contributed by atoms with Crippen molar-refractivity contribution in [1.82, 2.24) is 5.32 Å². The fourth-order valence-electron chi connectivity index (χ4n) is 3.01. The van der Waals surface area contributed by atoms with E-state index in [0.717, 1.165) is 10.4 Å². The van der Waals surface area contributed by atoms with Crippen molar-refractivity contribution in [2.24, 2.45) is 0 Å². The van der Waals surface area contributed by atoms with Crippen LogP contribution in [0.1, 0.15) is 26.8 Å². The van der Waals surface area contributed by atoms with Crippen molar-refractivity contribution in [1.29, 1.82) is 0 Å². The molecule has 1 N–H and O–H groups in total. The third-order valence-corrected chi connectivity index (χ3v) is 5.32. The Morgan fingerprint density at radius 3 is 2.55 bits per heavy atom. The topological polar surface area (TPSA) is 73.9 Å². The molecule has 0 fully saturated rings. The van der Waals surface area contributed by atoms with Crippen LogP contribution in [-0.2, 0) is 9.53 Å². The van der Waals surface area contributed by atoms with Gasteiger partial charge in [0.2, 0.25) is 0 Å². The second-order valence-electron chi connectivity index (χ2n) is 6.36. The van der Waals surface area contributed by atoms with E-state index in [1.165, 1.54) is 0 Å². The van der Waals surface area contributed by atoms with Gasteiger partial charge in [0.25, 0.3) is 5.91 Å². The van der Waals surface area contributed by atoms with Crippen LogP contribution in [0, 0.1) is 0 Å². The van der Waals surface area contributed by atoms with E-state index in [1.54, 1.807) is 29.5 Å². The van der Waals surface area contributed by atoms with E-state index in [4.69, 9.17) is 14.2 Å². The highest BCUT2D eigenvalue weighted by molar-refractivity contribution is 7.10. The summed E-state index contributed by atoms with van der Waals surface area (Å²) in [5.74, 6) is 0.117. The first-order valence-corrected chi connectivity index (χ1v) is 10.0. The first-order chi connectivity index (χ1) is 14.2. The molecule has 0 spiro atoms. The number of benzene rings is 2. The molecule has 3 aromatic rings. The Morgan fingerprint density at radius 2 is 1.79 bits per heavy atom. The Kier molecular flexibility index (Phi) is 5.76. The number of hydrogen-bond donors (Lipinski definition) is 1. The first-order valence-electron chi connectivity index (χ1n) is 9.15. The summed E-state index contributed by atoms with van der Waals surface area (Å²) in [5, 5.41) is 4.90. The molecule has 4 rings (SSSR count). The standard InChI is InChI=1S/C22H19NO5S/c24-20(23-21(19-7-4-12-29-19)15-5-2-1-3-6-15)14-28-22(25)16-8-9-17-18(13-16)27-11-10-26-17/h1-9,12-13,21H,10-11,14H2,(H,23,24)/t21-/m0/s1. The van der Waals surface area contributed by atoms with Crippen LogP contribution >= 0.6 is 11.3 Å². The monoisotopic (exact) mass is 409 g/mol. The fourth-order valence-corrected chi connectivity index (χ4v) is 3.81. The number of hydrogen-bond acceptors (Lipinski definition) is 6. The Labute approximate surface area is 172 Å². The van der Waals surface area contributed by atoms with Crippen molar-refractivity contribution >= 4 is 23.2 Å². The highest BCUT2D eigenvalue weighted by Crippen LogP contribution is 2.31. The van der Waals surface area contributed by atoms with Gasteiger partial charge in [-0.2, -0.15) is 0 Å². The molecular weight excluding hydrogens is 390 g/mol.